The van der Waals surface area contributed by atoms with Gasteiger partial charge in [0.25, 0.3) is 5.91 Å². The van der Waals surface area contributed by atoms with E-state index in [1.807, 2.05) is 54.0 Å². The minimum absolute atomic E-state index is 0.268. The first-order chi connectivity index (χ1) is 13.2. The average molecular weight is 400 g/mol. The molecular formula is C20H18ClN3O2S. The Morgan fingerprint density at radius 2 is 2.15 bits per heavy atom. The van der Waals surface area contributed by atoms with Crippen LogP contribution in [0.3, 0.4) is 0 Å². The van der Waals surface area contributed by atoms with Crippen LogP contribution in [-0.4, -0.2) is 28.7 Å². The Kier molecular flexibility index (Phi) is 5.11. The van der Waals surface area contributed by atoms with E-state index in [0.29, 0.717) is 35.1 Å². The fourth-order valence-electron chi connectivity index (χ4n) is 3.04. The van der Waals surface area contributed by atoms with Gasteiger partial charge in [0, 0.05) is 35.3 Å². The molecular weight excluding hydrogens is 382 g/mol. The third-order valence-corrected chi connectivity index (χ3v) is 5.60. The number of carbonyl (C=O) groups is 1. The molecule has 0 spiro atoms. The molecule has 138 valence electrons. The van der Waals surface area contributed by atoms with Crippen LogP contribution in [-0.2, 0) is 11.3 Å². The Bertz CT molecular complexity index is 1190. The predicted molar refractivity (Wildman–Crippen MR) is 110 cm³/mol. The van der Waals surface area contributed by atoms with Crippen molar-refractivity contribution in [3.05, 3.63) is 64.0 Å². The van der Waals surface area contributed by atoms with Crippen LogP contribution in [0.25, 0.3) is 21.1 Å². The number of aromatic amines is 1. The van der Waals surface area contributed by atoms with Crippen LogP contribution in [0.4, 0.5) is 0 Å². The van der Waals surface area contributed by atoms with Crippen molar-refractivity contribution in [2.45, 2.75) is 13.5 Å². The molecule has 0 unspecified atom stereocenters. The highest BCUT2D eigenvalue weighted by molar-refractivity contribution is 7.16. The zero-order chi connectivity index (χ0) is 18.8. The Hall–Kier alpha value is -2.41. The molecule has 2 aromatic heterocycles. The highest BCUT2D eigenvalue weighted by atomic mass is 35.5. The number of fused-ring (bicyclic) bond motifs is 2. The number of aromatic nitrogens is 2. The number of benzene rings is 2. The van der Waals surface area contributed by atoms with Gasteiger partial charge < -0.3 is 14.3 Å². The van der Waals surface area contributed by atoms with E-state index in [9.17, 15) is 4.79 Å². The second-order valence-corrected chi connectivity index (χ2v) is 7.46. The number of hydrogen-bond donors (Lipinski definition) is 1. The van der Waals surface area contributed by atoms with Gasteiger partial charge >= 0.3 is 0 Å². The molecule has 0 aliphatic carbocycles. The van der Waals surface area contributed by atoms with Crippen molar-refractivity contribution in [1.29, 1.82) is 0 Å². The maximum absolute atomic E-state index is 12.9. The highest BCUT2D eigenvalue weighted by Crippen LogP contribution is 2.23. The first kappa shape index (κ1) is 18.0. The van der Waals surface area contributed by atoms with Crippen LogP contribution in [0.5, 0.6) is 0 Å². The minimum Gasteiger partial charge on any atom is -0.380 e. The molecule has 0 atom stereocenters. The lowest BCUT2D eigenvalue weighted by molar-refractivity contribution is 0.0998. The Morgan fingerprint density at radius 1 is 1.30 bits per heavy atom. The topological polar surface area (TPSA) is 59.4 Å². The number of H-pyrrole nitrogens is 1. The van der Waals surface area contributed by atoms with Crippen molar-refractivity contribution in [2.24, 2.45) is 4.99 Å². The van der Waals surface area contributed by atoms with Crippen LogP contribution >= 0.6 is 22.9 Å². The van der Waals surface area contributed by atoms with Crippen LogP contribution in [0.2, 0.25) is 5.02 Å². The van der Waals surface area contributed by atoms with Gasteiger partial charge in [-0.2, -0.15) is 4.99 Å². The molecule has 27 heavy (non-hydrogen) atoms. The maximum atomic E-state index is 12.9. The number of nitrogens with zero attached hydrogens (tertiary/aromatic N) is 2. The van der Waals surface area contributed by atoms with Crippen molar-refractivity contribution in [1.82, 2.24) is 9.55 Å². The van der Waals surface area contributed by atoms with Crippen molar-refractivity contribution in [3.8, 4) is 0 Å². The number of carbonyl (C=O) groups excluding carboxylic acids is 1. The predicted octanol–water partition coefficient (Wildman–Crippen LogP) is 4.62. The molecule has 1 amide bonds. The number of halogens is 1. The van der Waals surface area contributed by atoms with Gasteiger partial charge in [0.1, 0.15) is 0 Å². The second-order valence-electron chi connectivity index (χ2n) is 6.01. The monoisotopic (exact) mass is 399 g/mol. The van der Waals surface area contributed by atoms with E-state index in [-0.39, 0.29) is 5.91 Å². The molecule has 0 aliphatic heterocycles. The third kappa shape index (κ3) is 3.56. The normalized spacial score (nSPS) is 12.3. The fourth-order valence-corrected chi connectivity index (χ4v) is 4.37. The van der Waals surface area contributed by atoms with Crippen molar-refractivity contribution in [2.75, 3.05) is 13.2 Å². The standard InChI is InChI=1S/C20H18ClN3O2S/c1-2-26-10-9-24-17-8-7-13(21)11-18(17)27-20(24)23-19(25)15-12-22-16-6-4-3-5-14(15)16/h3-8,11-12,22H,2,9-10H2,1H3. The SMILES string of the molecule is CCOCCn1c(=NC(=O)c2c[nH]c3ccccc23)sc2cc(Cl)ccc21. The first-order valence-electron chi connectivity index (χ1n) is 8.69. The molecule has 0 aliphatic rings. The molecule has 2 heterocycles. The maximum Gasteiger partial charge on any atom is 0.281 e. The lowest BCUT2D eigenvalue weighted by atomic mass is 10.2. The molecule has 4 aromatic rings. The number of amides is 1. The molecule has 0 fully saturated rings. The molecule has 4 rings (SSSR count). The van der Waals surface area contributed by atoms with Crippen molar-refractivity contribution >= 4 is 50.0 Å². The number of ether oxygens (including phenoxy) is 1. The Morgan fingerprint density at radius 3 is 3.00 bits per heavy atom. The first-order valence-corrected chi connectivity index (χ1v) is 9.88. The number of para-hydroxylation sites is 1. The second kappa shape index (κ2) is 7.68. The summed E-state index contributed by atoms with van der Waals surface area (Å²) in [5.74, 6) is -0.268. The molecule has 0 radical (unpaired) electrons. The molecule has 5 nitrogen and oxygen atoms in total. The summed E-state index contributed by atoms with van der Waals surface area (Å²) in [4.78, 5) is 21.1. The van der Waals surface area contributed by atoms with Gasteiger partial charge in [-0.15, -0.1) is 0 Å². The molecule has 2 aromatic carbocycles. The van der Waals surface area contributed by atoms with Gasteiger partial charge in [0.2, 0.25) is 0 Å². The molecule has 0 saturated carbocycles. The number of hydrogen-bond acceptors (Lipinski definition) is 3. The van der Waals surface area contributed by atoms with Crippen molar-refractivity contribution in [3.63, 3.8) is 0 Å². The zero-order valence-electron chi connectivity index (χ0n) is 14.7. The smallest absolute Gasteiger partial charge is 0.281 e. The van der Waals surface area contributed by atoms with Crippen LogP contribution in [0.1, 0.15) is 17.3 Å². The van der Waals surface area contributed by atoms with E-state index in [1.165, 1.54) is 11.3 Å². The third-order valence-electron chi connectivity index (χ3n) is 4.32. The summed E-state index contributed by atoms with van der Waals surface area (Å²) in [6, 6.07) is 13.4. The van der Waals surface area contributed by atoms with E-state index < -0.39 is 0 Å². The highest BCUT2D eigenvalue weighted by Gasteiger charge is 2.13. The number of nitrogens with one attached hydrogen (secondary N) is 1. The lowest BCUT2D eigenvalue weighted by Crippen LogP contribution is -2.19. The van der Waals surface area contributed by atoms with Gasteiger partial charge in [-0.1, -0.05) is 41.1 Å². The molecule has 0 saturated heterocycles. The van der Waals surface area contributed by atoms with Gasteiger partial charge in [-0.25, -0.2) is 0 Å². The van der Waals surface area contributed by atoms with Gasteiger partial charge in [-0.05, 0) is 31.2 Å². The molecule has 1 N–H and O–H groups in total. The zero-order valence-corrected chi connectivity index (χ0v) is 16.3. The lowest BCUT2D eigenvalue weighted by Gasteiger charge is -2.05. The largest absolute Gasteiger partial charge is 0.380 e. The quantitative estimate of drug-likeness (QED) is 0.498. The minimum atomic E-state index is -0.268. The summed E-state index contributed by atoms with van der Waals surface area (Å²) < 4.78 is 8.50. The van der Waals surface area contributed by atoms with Crippen molar-refractivity contribution < 1.29 is 9.53 Å². The van der Waals surface area contributed by atoms with E-state index in [4.69, 9.17) is 16.3 Å². The van der Waals surface area contributed by atoms with Crippen LogP contribution < -0.4 is 4.80 Å². The summed E-state index contributed by atoms with van der Waals surface area (Å²) >= 11 is 7.58. The summed E-state index contributed by atoms with van der Waals surface area (Å²) in [5, 5.41) is 1.53. The van der Waals surface area contributed by atoms with E-state index in [1.54, 1.807) is 6.20 Å². The van der Waals surface area contributed by atoms with Crippen LogP contribution in [0.15, 0.2) is 53.7 Å². The summed E-state index contributed by atoms with van der Waals surface area (Å²) in [6.45, 7) is 3.78. The number of thiazole rings is 1. The fraction of sp³-hybridized carbons (Fsp3) is 0.200. The van der Waals surface area contributed by atoms with E-state index in [0.717, 1.165) is 21.1 Å². The Labute approximate surface area is 164 Å². The van der Waals surface area contributed by atoms with Gasteiger partial charge in [-0.3, -0.25) is 4.79 Å². The van der Waals surface area contributed by atoms with Gasteiger partial charge in [0.15, 0.2) is 4.80 Å². The van der Waals surface area contributed by atoms with E-state index >= 15 is 0 Å². The molecule has 7 heteroatoms. The summed E-state index contributed by atoms with van der Waals surface area (Å²) in [6.07, 6.45) is 1.71. The Balaban J connectivity index is 1.81. The van der Waals surface area contributed by atoms with E-state index in [2.05, 4.69) is 9.98 Å². The number of rotatable bonds is 5. The summed E-state index contributed by atoms with van der Waals surface area (Å²) in [7, 11) is 0. The van der Waals surface area contributed by atoms with Gasteiger partial charge in [0.05, 0.1) is 22.4 Å². The van der Waals surface area contributed by atoms with Crippen LogP contribution in [0, 0.1) is 0 Å². The molecule has 0 bridgehead atoms. The average Bonchev–Trinajstić information content (AvgIpc) is 3.23. The summed E-state index contributed by atoms with van der Waals surface area (Å²) in [5.41, 5.74) is 2.48.